The van der Waals surface area contributed by atoms with Crippen molar-refractivity contribution in [2.75, 3.05) is 0 Å². The van der Waals surface area contributed by atoms with Crippen molar-refractivity contribution in [2.45, 2.75) is 6.42 Å². The quantitative estimate of drug-likeness (QED) is 0.279. The molecule has 1 aliphatic heterocycles. The smallest absolute Gasteiger partial charge is 0.272 e. The first kappa shape index (κ1) is 13.8. The maximum atomic E-state index is 12.5. The number of rotatable bonds is 3. The lowest BCUT2D eigenvalue weighted by Crippen LogP contribution is -2.28. The molecule has 1 aromatic rings. The van der Waals surface area contributed by atoms with Gasteiger partial charge in [0.2, 0.25) is 0 Å². The number of carbonyl (C=O) groups is 2. The van der Waals surface area contributed by atoms with Gasteiger partial charge >= 0.3 is 0 Å². The molecular formula is C16H13N3O4. The van der Waals surface area contributed by atoms with E-state index in [1.54, 1.807) is 12.1 Å². The first-order valence-electron chi connectivity index (χ1n) is 7.41. The minimum Gasteiger partial charge on any atom is -0.272 e. The van der Waals surface area contributed by atoms with Crippen LogP contribution >= 0.6 is 0 Å². The molecule has 2 fully saturated rings. The minimum atomic E-state index is -0.520. The van der Waals surface area contributed by atoms with Crippen LogP contribution in [0.1, 0.15) is 12.0 Å². The lowest BCUT2D eigenvalue weighted by atomic mass is 9.85. The van der Waals surface area contributed by atoms with E-state index >= 15 is 0 Å². The summed E-state index contributed by atoms with van der Waals surface area (Å²) in [5.41, 5.74) is 0.147. The third-order valence-corrected chi connectivity index (χ3v) is 4.89. The Balaban J connectivity index is 1.62. The van der Waals surface area contributed by atoms with Crippen LogP contribution in [0.15, 0.2) is 41.5 Å². The van der Waals surface area contributed by atoms with Gasteiger partial charge in [-0.3, -0.25) is 19.7 Å². The predicted molar refractivity (Wildman–Crippen MR) is 80.3 cm³/mol. The Morgan fingerprint density at radius 3 is 2.35 bits per heavy atom. The second-order valence-electron chi connectivity index (χ2n) is 6.05. The molecule has 1 saturated carbocycles. The van der Waals surface area contributed by atoms with Crippen LogP contribution < -0.4 is 0 Å². The summed E-state index contributed by atoms with van der Waals surface area (Å²) < 4.78 is 0. The van der Waals surface area contributed by atoms with E-state index in [1.165, 1.54) is 18.3 Å². The van der Waals surface area contributed by atoms with Gasteiger partial charge in [-0.15, -0.1) is 0 Å². The van der Waals surface area contributed by atoms with Crippen LogP contribution in [0.4, 0.5) is 5.69 Å². The molecule has 4 rings (SSSR count). The van der Waals surface area contributed by atoms with Crippen molar-refractivity contribution in [1.29, 1.82) is 0 Å². The zero-order valence-electron chi connectivity index (χ0n) is 12.0. The number of nitro groups is 1. The van der Waals surface area contributed by atoms with E-state index in [-0.39, 0.29) is 46.7 Å². The molecule has 1 heterocycles. The molecule has 7 nitrogen and oxygen atoms in total. The number of fused-ring (bicyclic) bond motifs is 5. The van der Waals surface area contributed by atoms with E-state index in [2.05, 4.69) is 5.10 Å². The van der Waals surface area contributed by atoms with Crippen molar-refractivity contribution < 1.29 is 14.5 Å². The van der Waals surface area contributed by atoms with Gasteiger partial charge in [0.05, 0.1) is 28.5 Å². The van der Waals surface area contributed by atoms with Crippen LogP contribution in [0, 0.1) is 33.8 Å². The number of hydrazone groups is 1. The zero-order valence-corrected chi connectivity index (χ0v) is 12.0. The van der Waals surface area contributed by atoms with Gasteiger partial charge in [0.15, 0.2) is 0 Å². The minimum absolute atomic E-state index is 0.114. The summed E-state index contributed by atoms with van der Waals surface area (Å²) in [4.78, 5) is 35.4. The van der Waals surface area contributed by atoms with Crippen molar-refractivity contribution in [2.24, 2.45) is 28.8 Å². The SMILES string of the molecule is O=C1[C@@H]2[C@H](C(=O)N1/N=C\c1ccccc1[N+](=O)[O-])[C@H]1C=C[C@H]2C1. The number of para-hydroxylation sites is 1. The molecule has 0 unspecified atom stereocenters. The Hall–Kier alpha value is -2.83. The van der Waals surface area contributed by atoms with Gasteiger partial charge in [-0.1, -0.05) is 24.3 Å². The highest BCUT2D eigenvalue weighted by atomic mass is 16.6. The number of nitro benzene ring substituents is 1. The van der Waals surface area contributed by atoms with Crippen molar-refractivity contribution in [3.63, 3.8) is 0 Å². The molecule has 0 spiro atoms. The summed E-state index contributed by atoms with van der Waals surface area (Å²) in [5, 5.41) is 15.8. The van der Waals surface area contributed by atoms with E-state index in [1.807, 2.05) is 12.2 Å². The van der Waals surface area contributed by atoms with Crippen molar-refractivity contribution >= 4 is 23.7 Å². The molecule has 2 bridgehead atoms. The molecule has 2 amide bonds. The number of hydrogen-bond donors (Lipinski definition) is 0. The summed E-state index contributed by atoms with van der Waals surface area (Å²) in [6, 6.07) is 6.07. The molecule has 1 saturated heterocycles. The van der Waals surface area contributed by atoms with Gasteiger partial charge in [0, 0.05) is 6.07 Å². The molecule has 0 aromatic heterocycles. The number of nitrogens with zero attached hydrogens (tertiary/aromatic N) is 3. The largest absolute Gasteiger partial charge is 0.278 e. The average Bonchev–Trinajstić information content (AvgIpc) is 3.21. The van der Waals surface area contributed by atoms with Crippen LogP contribution in [0.3, 0.4) is 0 Å². The fourth-order valence-electron chi connectivity index (χ4n) is 3.88. The predicted octanol–water partition coefficient (Wildman–Crippen LogP) is 1.74. The van der Waals surface area contributed by atoms with Crippen molar-refractivity contribution in [1.82, 2.24) is 5.01 Å². The summed E-state index contributed by atoms with van der Waals surface area (Å²) >= 11 is 0. The average molecular weight is 311 g/mol. The van der Waals surface area contributed by atoms with Gasteiger partial charge in [-0.25, -0.2) is 0 Å². The van der Waals surface area contributed by atoms with Crippen LogP contribution in [0.25, 0.3) is 0 Å². The second kappa shape index (κ2) is 4.84. The van der Waals surface area contributed by atoms with Gasteiger partial charge in [0.1, 0.15) is 0 Å². The third kappa shape index (κ3) is 1.93. The van der Waals surface area contributed by atoms with E-state index in [4.69, 9.17) is 0 Å². The van der Waals surface area contributed by atoms with Gasteiger partial charge in [-0.05, 0) is 24.3 Å². The highest BCUT2D eigenvalue weighted by Crippen LogP contribution is 2.52. The standard InChI is InChI=1S/C16H13N3O4/c20-15-13-9-5-6-10(7-9)14(13)16(21)18(15)17-8-11-3-1-2-4-12(11)19(22)23/h1-6,8-10,13-14H,7H2/b17-8-/t9-,10-,13-,14+/m0/s1. The van der Waals surface area contributed by atoms with Gasteiger partial charge in [0.25, 0.3) is 17.5 Å². The highest BCUT2D eigenvalue weighted by Gasteiger charge is 2.59. The molecule has 0 N–H and O–H groups in total. The number of amides is 2. The maximum absolute atomic E-state index is 12.5. The van der Waals surface area contributed by atoms with Crippen LogP contribution in [-0.2, 0) is 9.59 Å². The van der Waals surface area contributed by atoms with Crippen LogP contribution in [0.5, 0.6) is 0 Å². The molecule has 4 atom stereocenters. The topological polar surface area (TPSA) is 92.9 Å². The third-order valence-electron chi connectivity index (χ3n) is 4.89. The zero-order chi connectivity index (χ0) is 16.1. The van der Waals surface area contributed by atoms with Crippen LogP contribution in [-0.4, -0.2) is 28.0 Å². The lowest BCUT2D eigenvalue weighted by Gasteiger charge is -2.13. The second-order valence-corrected chi connectivity index (χ2v) is 6.05. The fourth-order valence-corrected chi connectivity index (χ4v) is 3.88. The monoisotopic (exact) mass is 311 g/mol. The summed E-state index contributed by atoms with van der Waals surface area (Å²) in [7, 11) is 0. The molecule has 23 heavy (non-hydrogen) atoms. The Bertz CT molecular complexity index is 755. The normalized spacial score (nSPS) is 31.4. The van der Waals surface area contributed by atoms with Crippen molar-refractivity contribution in [3.05, 3.63) is 52.1 Å². The highest BCUT2D eigenvalue weighted by molar-refractivity contribution is 6.07. The Morgan fingerprint density at radius 2 is 1.74 bits per heavy atom. The van der Waals surface area contributed by atoms with E-state index in [0.717, 1.165) is 11.4 Å². The Labute approximate surface area is 131 Å². The number of benzene rings is 1. The summed E-state index contributed by atoms with van der Waals surface area (Å²) in [5.74, 6) is -1.00. The molecule has 2 aliphatic carbocycles. The maximum Gasteiger partial charge on any atom is 0.278 e. The summed E-state index contributed by atoms with van der Waals surface area (Å²) in [6.07, 6.45) is 6.08. The molecule has 116 valence electrons. The van der Waals surface area contributed by atoms with E-state index < -0.39 is 4.92 Å². The Kier molecular flexibility index (Phi) is 2.90. The molecule has 7 heteroatoms. The van der Waals surface area contributed by atoms with Gasteiger partial charge in [-0.2, -0.15) is 10.1 Å². The summed E-state index contributed by atoms with van der Waals surface area (Å²) in [6.45, 7) is 0. The molecule has 3 aliphatic rings. The van der Waals surface area contributed by atoms with E-state index in [0.29, 0.717) is 0 Å². The molecule has 1 aromatic carbocycles. The fraction of sp³-hybridized carbons (Fsp3) is 0.312. The molecule has 0 radical (unpaired) electrons. The number of allylic oxidation sites excluding steroid dienone is 2. The van der Waals surface area contributed by atoms with Crippen LogP contribution in [0.2, 0.25) is 0 Å². The lowest BCUT2D eigenvalue weighted by molar-refractivity contribution is -0.385. The number of imide groups is 1. The first-order valence-corrected chi connectivity index (χ1v) is 7.41. The van der Waals surface area contributed by atoms with E-state index in [9.17, 15) is 19.7 Å². The number of hydrogen-bond acceptors (Lipinski definition) is 5. The first-order chi connectivity index (χ1) is 11.1. The van der Waals surface area contributed by atoms with Gasteiger partial charge < -0.3 is 0 Å². The molecular weight excluding hydrogens is 298 g/mol. The number of carbonyl (C=O) groups excluding carboxylic acids is 2. The van der Waals surface area contributed by atoms with Crippen molar-refractivity contribution in [3.8, 4) is 0 Å². The Morgan fingerprint density at radius 1 is 1.13 bits per heavy atom.